The number of ether oxygens (including phenoxy) is 1. The van der Waals surface area contributed by atoms with E-state index < -0.39 is 0 Å². The van der Waals surface area contributed by atoms with E-state index in [0.29, 0.717) is 32.7 Å². The number of hydrogen-bond donors (Lipinski definition) is 4. The summed E-state index contributed by atoms with van der Waals surface area (Å²) in [4.78, 5) is 1.37. The fourth-order valence-electron chi connectivity index (χ4n) is 1.31. The Bertz CT molecular complexity index is 514. The highest BCUT2D eigenvalue weighted by atomic mass is 35.5. The molecule has 0 aliphatic rings. The zero-order chi connectivity index (χ0) is 12.4. The van der Waals surface area contributed by atoms with E-state index in [-0.39, 0.29) is 12.4 Å². The van der Waals surface area contributed by atoms with Crippen molar-refractivity contribution >= 4 is 49.0 Å². The standard InChI is InChI=1S/C12H12N2OS2.ClH/c13-9-3-1-7(5-11(9)16)15-8-2-4-10(14)12(17)6-8;/h1-6,16-17H,13-14H2;1H. The second-order valence-corrected chi connectivity index (χ2v) is 4.51. The van der Waals surface area contributed by atoms with E-state index in [9.17, 15) is 0 Å². The Morgan fingerprint density at radius 2 is 1.17 bits per heavy atom. The first kappa shape index (κ1) is 14.9. The quantitative estimate of drug-likeness (QED) is 0.506. The van der Waals surface area contributed by atoms with E-state index in [1.807, 2.05) is 0 Å². The highest BCUT2D eigenvalue weighted by Gasteiger charge is 2.02. The molecule has 18 heavy (non-hydrogen) atoms. The van der Waals surface area contributed by atoms with Gasteiger partial charge in [0.05, 0.1) is 0 Å². The normalized spacial score (nSPS) is 9.67. The van der Waals surface area contributed by atoms with Gasteiger partial charge in [0, 0.05) is 21.2 Å². The maximum atomic E-state index is 5.67. The van der Waals surface area contributed by atoms with Gasteiger partial charge in [0.1, 0.15) is 11.5 Å². The molecule has 0 aliphatic heterocycles. The number of anilines is 2. The van der Waals surface area contributed by atoms with Crippen molar-refractivity contribution < 1.29 is 4.74 Å². The predicted octanol–water partition coefficient (Wildman–Crippen LogP) is 3.64. The summed E-state index contributed by atoms with van der Waals surface area (Å²) < 4.78 is 5.64. The lowest BCUT2D eigenvalue weighted by Gasteiger charge is -2.08. The Kier molecular flexibility index (Phi) is 5.07. The summed E-state index contributed by atoms with van der Waals surface area (Å²) in [5.41, 5.74) is 12.6. The molecule has 6 heteroatoms. The first-order chi connectivity index (χ1) is 8.06. The zero-order valence-electron chi connectivity index (χ0n) is 9.33. The molecule has 0 saturated carbocycles. The lowest BCUT2D eigenvalue weighted by atomic mass is 10.3. The van der Waals surface area contributed by atoms with Gasteiger partial charge in [0.2, 0.25) is 0 Å². The minimum Gasteiger partial charge on any atom is -0.457 e. The van der Waals surface area contributed by atoms with Crippen LogP contribution in [0, 0.1) is 0 Å². The maximum Gasteiger partial charge on any atom is 0.128 e. The van der Waals surface area contributed by atoms with Gasteiger partial charge in [-0.15, -0.1) is 37.7 Å². The Balaban J connectivity index is 0.00000162. The van der Waals surface area contributed by atoms with Crippen LogP contribution in [0.3, 0.4) is 0 Å². The Morgan fingerprint density at radius 1 is 0.778 bits per heavy atom. The molecule has 0 aliphatic carbocycles. The largest absolute Gasteiger partial charge is 0.457 e. The van der Waals surface area contributed by atoms with Crippen molar-refractivity contribution in [3.8, 4) is 11.5 Å². The van der Waals surface area contributed by atoms with Gasteiger partial charge in [-0.3, -0.25) is 0 Å². The third kappa shape index (κ3) is 3.41. The van der Waals surface area contributed by atoms with Crippen molar-refractivity contribution in [1.29, 1.82) is 0 Å². The van der Waals surface area contributed by atoms with Crippen molar-refractivity contribution in [2.24, 2.45) is 0 Å². The Labute approximate surface area is 123 Å². The summed E-state index contributed by atoms with van der Waals surface area (Å²) in [6, 6.07) is 10.6. The van der Waals surface area contributed by atoms with E-state index in [0.717, 1.165) is 0 Å². The molecule has 2 aromatic carbocycles. The molecule has 0 fully saturated rings. The van der Waals surface area contributed by atoms with Crippen molar-refractivity contribution in [3.63, 3.8) is 0 Å². The van der Waals surface area contributed by atoms with Gasteiger partial charge in [-0.2, -0.15) is 0 Å². The van der Waals surface area contributed by atoms with Crippen LogP contribution in [-0.4, -0.2) is 0 Å². The van der Waals surface area contributed by atoms with E-state index in [1.165, 1.54) is 0 Å². The highest BCUT2D eigenvalue weighted by Crippen LogP contribution is 2.29. The molecule has 0 radical (unpaired) electrons. The van der Waals surface area contributed by atoms with Gasteiger partial charge in [-0.05, 0) is 36.4 Å². The number of benzene rings is 2. The summed E-state index contributed by atoms with van der Waals surface area (Å²) in [5, 5.41) is 0. The summed E-state index contributed by atoms with van der Waals surface area (Å²) in [5.74, 6) is 1.34. The number of nitrogens with two attached hydrogens (primary N) is 2. The SMILES string of the molecule is Cl.Nc1ccc(Oc2ccc(N)c(S)c2)cc1S. The van der Waals surface area contributed by atoms with E-state index in [4.69, 9.17) is 16.2 Å². The minimum absolute atomic E-state index is 0. The molecule has 96 valence electrons. The molecule has 0 saturated heterocycles. The lowest BCUT2D eigenvalue weighted by Crippen LogP contribution is -1.90. The summed E-state index contributed by atoms with van der Waals surface area (Å²) >= 11 is 8.46. The molecule has 0 atom stereocenters. The smallest absolute Gasteiger partial charge is 0.128 e. The maximum absolute atomic E-state index is 5.67. The third-order valence-electron chi connectivity index (χ3n) is 2.24. The van der Waals surface area contributed by atoms with Crippen LogP contribution in [0.15, 0.2) is 46.2 Å². The Hall–Kier alpha value is -1.17. The van der Waals surface area contributed by atoms with Crippen molar-refractivity contribution in [2.75, 3.05) is 11.5 Å². The number of thiol groups is 2. The van der Waals surface area contributed by atoms with E-state index in [2.05, 4.69) is 25.3 Å². The predicted molar refractivity (Wildman–Crippen MR) is 83.5 cm³/mol. The molecular formula is C12H13ClN2OS2. The van der Waals surface area contributed by atoms with Gasteiger partial charge in [-0.1, -0.05) is 0 Å². The molecular weight excluding hydrogens is 288 g/mol. The van der Waals surface area contributed by atoms with Crippen LogP contribution >= 0.6 is 37.7 Å². The number of nitrogen functional groups attached to an aromatic ring is 2. The van der Waals surface area contributed by atoms with E-state index in [1.54, 1.807) is 36.4 Å². The molecule has 0 amide bonds. The summed E-state index contributed by atoms with van der Waals surface area (Å²) in [6.07, 6.45) is 0. The molecule has 0 bridgehead atoms. The van der Waals surface area contributed by atoms with Crippen LogP contribution < -0.4 is 16.2 Å². The molecule has 0 unspecified atom stereocenters. The number of halogens is 1. The zero-order valence-corrected chi connectivity index (χ0v) is 11.9. The van der Waals surface area contributed by atoms with Gasteiger partial charge in [-0.25, -0.2) is 0 Å². The molecule has 2 rings (SSSR count). The van der Waals surface area contributed by atoms with E-state index >= 15 is 0 Å². The average Bonchev–Trinajstić information content (AvgIpc) is 2.29. The van der Waals surface area contributed by atoms with Crippen LogP contribution in [0.25, 0.3) is 0 Å². The van der Waals surface area contributed by atoms with Crippen LogP contribution in [-0.2, 0) is 0 Å². The topological polar surface area (TPSA) is 61.3 Å². The van der Waals surface area contributed by atoms with Crippen molar-refractivity contribution in [3.05, 3.63) is 36.4 Å². The van der Waals surface area contributed by atoms with Crippen molar-refractivity contribution in [2.45, 2.75) is 9.79 Å². The van der Waals surface area contributed by atoms with Crippen LogP contribution in [0.5, 0.6) is 11.5 Å². The fraction of sp³-hybridized carbons (Fsp3) is 0. The molecule has 0 aromatic heterocycles. The third-order valence-corrected chi connectivity index (χ3v) is 3.01. The first-order valence-electron chi connectivity index (χ1n) is 4.91. The van der Waals surface area contributed by atoms with Crippen LogP contribution in [0.2, 0.25) is 0 Å². The van der Waals surface area contributed by atoms with Gasteiger partial charge in [0.15, 0.2) is 0 Å². The molecule has 2 aromatic rings. The molecule has 0 heterocycles. The highest BCUT2D eigenvalue weighted by molar-refractivity contribution is 7.80. The van der Waals surface area contributed by atoms with Gasteiger partial charge in [0.25, 0.3) is 0 Å². The number of hydrogen-bond acceptors (Lipinski definition) is 5. The second kappa shape index (κ2) is 6.13. The van der Waals surface area contributed by atoms with Gasteiger partial charge >= 0.3 is 0 Å². The van der Waals surface area contributed by atoms with Crippen LogP contribution in [0.4, 0.5) is 11.4 Å². The molecule has 4 N–H and O–H groups in total. The average molecular weight is 301 g/mol. The Morgan fingerprint density at radius 3 is 1.50 bits per heavy atom. The molecule has 0 spiro atoms. The number of rotatable bonds is 2. The fourth-order valence-corrected chi connectivity index (χ4v) is 1.71. The summed E-state index contributed by atoms with van der Waals surface area (Å²) in [7, 11) is 0. The van der Waals surface area contributed by atoms with Gasteiger partial charge < -0.3 is 16.2 Å². The first-order valence-corrected chi connectivity index (χ1v) is 5.80. The lowest BCUT2D eigenvalue weighted by molar-refractivity contribution is 0.480. The van der Waals surface area contributed by atoms with Crippen molar-refractivity contribution in [1.82, 2.24) is 0 Å². The van der Waals surface area contributed by atoms with Crippen LogP contribution in [0.1, 0.15) is 0 Å². The summed E-state index contributed by atoms with van der Waals surface area (Å²) in [6.45, 7) is 0. The molecule has 3 nitrogen and oxygen atoms in total. The minimum atomic E-state index is 0. The monoisotopic (exact) mass is 300 g/mol. The second-order valence-electron chi connectivity index (χ2n) is 3.54.